The molecule has 2 atom stereocenters. The summed E-state index contributed by atoms with van der Waals surface area (Å²) >= 11 is 0. The molecule has 14 heavy (non-hydrogen) atoms. The molecule has 0 aromatic carbocycles. The summed E-state index contributed by atoms with van der Waals surface area (Å²) in [7, 11) is 0. The van der Waals surface area contributed by atoms with E-state index in [9.17, 15) is 0 Å². The highest BCUT2D eigenvalue weighted by molar-refractivity contribution is 5.44. The second kappa shape index (κ2) is 2.85. The maximum atomic E-state index is 9.14. The van der Waals surface area contributed by atoms with Gasteiger partial charge in [-0.1, -0.05) is 0 Å². The first kappa shape index (κ1) is 8.05. The summed E-state index contributed by atoms with van der Waals surface area (Å²) in [5.41, 5.74) is 0. The summed E-state index contributed by atoms with van der Waals surface area (Å²) in [6.45, 7) is 2.11. The van der Waals surface area contributed by atoms with Gasteiger partial charge in [0.15, 0.2) is 0 Å². The molecule has 3 rings (SSSR count). The van der Waals surface area contributed by atoms with Crippen LogP contribution in [0, 0.1) is 0 Å². The Morgan fingerprint density at radius 2 is 2.43 bits per heavy atom. The fourth-order valence-electron chi connectivity index (χ4n) is 2.39. The van der Waals surface area contributed by atoms with Gasteiger partial charge in [0.25, 0.3) is 0 Å². The van der Waals surface area contributed by atoms with Crippen LogP contribution in [-0.4, -0.2) is 35.3 Å². The van der Waals surface area contributed by atoms with Crippen LogP contribution in [0.3, 0.4) is 0 Å². The van der Waals surface area contributed by atoms with Crippen molar-refractivity contribution in [3.8, 4) is 5.75 Å². The fourth-order valence-corrected chi connectivity index (χ4v) is 2.39. The van der Waals surface area contributed by atoms with Gasteiger partial charge in [-0.15, -0.1) is 0 Å². The number of nitrogens with zero attached hydrogens (tertiary/aromatic N) is 2. The van der Waals surface area contributed by atoms with Gasteiger partial charge in [-0.2, -0.15) is 0 Å². The number of aromatic hydroxyl groups is 1. The summed E-state index contributed by atoms with van der Waals surface area (Å²) in [6, 6.07) is 4.81. The molecule has 4 heteroatoms. The van der Waals surface area contributed by atoms with E-state index >= 15 is 0 Å². The predicted octanol–water partition coefficient (Wildman–Crippen LogP) is 0.338. The number of rotatable bonds is 1. The first-order valence-corrected chi connectivity index (χ1v) is 4.98. The molecule has 74 valence electrons. The first-order chi connectivity index (χ1) is 6.83. The number of nitrogens with one attached hydrogen (secondary N) is 1. The molecule has 2 N–H and O–H groups in total. The van der Waals surface area contributed by atoms with E-state index in [1.54, 1.807) is 6.07 Å². The van der Waals surface area contributed by atoms with Crippen molar-refractivity contribution < 1.29 is 5.11 Å². The highest BCUT2D eigenvalue weighted by atomic mass is 16.3. The van der Waals surface area contributed by atoms with Crippen molar-refractivity contribution >= 4 is 5.82 Å². The fraction of sp³-hybridized carbons (Fsp3) is 0.500. The van der Waals surface area contributed by atoms with Crippen molar-refractivity contribution in [2.45, 2.75) is 18.5 Å². The van der Waals surface area contributed by atoms with E-state index in [4.69, 9.17) is 5.11 Å². The molecule has 3 heterocycles. The van der Waals surface area contributed by atoms with Crippen LogP contribution in [0.1, 0.15) is 6.42 Å². The van der Waals surface area contributed by atoms with Crippen LogP contribution in [0.25, 0.3) is 0 Å². The van der Waals surface area contributed by atoms with Gasteiger partial charge in [0.05, 0.1) is 6.20 Å². The molecule has 2 fully saturated rings. The quantitative estimate of drug-likeness (QED) is 0.672. The summed E-state index contributed by atoms with van der Waals surface area (Å²) in [5, 5.41) is 12.6. The standard InChI is InChI=1S/C10H13N3O/c14-9-1-2-10(12-5-9)13-6-7-3-8(13)4-11-7/h1-2,5,7-8,11,14H,3-4,6H2/t7-,8-/m0/s1. The van der Waals surface area contributed by atoms with Gasteiger partial charge < -0.3 is 15.3 Å². The number of pyridine rings is 1. The highest BCUT2D eigenvalue weighted by Gasteiger charge is 2.37. The van der Waals surface area contributed by atoms with E-state index in [0.29, 0.717) is 12.1 Å². The summed E-state index contributed by atoms with van der Waals surface area (Å²) in [6.07, 6.45) is 2.73. The zero-order chi connectivity index (χ0) is 9.54. The molecule has 0 aliphatic carbocycles. The molecule has 1 aromatic heterocycles. The molecule has 2 aliphatic rings. The van der Waals surface area contributed by atoms with E-state index in [1.165, 1.54) is 12.6 Å². The van der Waals surface area contributed by atoms with Gasteiger partial charge in [0.1, 0.15) is 11.6 Å². The first-order valence-electron chi connectivity index (χ1n) is 4.98. The molecule has 0 saturated carbocycles. The lowest BCUT2D eigenvalue weighted by Gasteiger charge is -2.28. The van der Waals surface area contributed by atoms with Gasteiger partial charge in [0.2, 0.25) is 0 Å². The molecule has 1 aromatic rings. The van der Waals surface area contributed by atoms with E-state index in [-0.39, 0.29) is 5.75 Å². The average Bonchev–Trinajstić information content (AvgIpc) is 2.80. The number of anilines is 1. The smallest absolute Gasteiger partial charge is 0.134 e. The Kier molecular flexibility index (Phi) is 1.64. The predicted molar refractivity (Wildman–Crippen MR) is 53.4 cm³/mol. The third kappa shape index (κ3) is 1.14. The molecule has 2 aliphatic heterocycles. The number of piperazine rings is 1. The summed E-state index contributed by atoms with van der Waals surface area (Å²) in [4.78, 5) is 6.55. The van der Waals surface area contributed by atoms with Crippen molar-refractivity contribution in [2.24, 2.45) is 0 Å². The summed E-state index contributed by atoms with van der Waals surface area (Å²) < 4.78 is 0. The minimum atomic E-state index is 0.233. The van der Waals surface area contributed by atoms with E-state index in [1.807, 2.05) is 6.07 Å². The Labute approximate surface area is 82.6 Å². The van der Waals surface area contributed by atoms with Crippen molar-refractivity contribution in [1.29, 1.82) is 0 Å². The second-order valence-electron chi connectivity index (χ2n) is 4.02. The average molecular weight is 191 g/mol. The van der Waals surface area contributed by atoms with Crippen LogP contribution >= 0.6 is 0 Å². The third-order valence-electron chi connectivity index (χ3n) is 3.08. The Morgan fingerprint density at radius 3 is 3.00 bits per heavy atom. The van der Waals surface area contributed by atoms with Gasteiger partial charge in [-0.25, -0.2) is 4.98 Å². The maximum Gasteiger partial charge on any atom is 0.134 e. The number of hydrogen-bond donors (Lipinski definition) is 2. The van der Waals surface area contributed by atoms with Crippen LogP contribution in [0.5, 0.6) is 5.75 Å². The maximum absolute atomic E-state index is 9.14. The minimum absolute atomic E-state index is 0.233. The zero-order valence-corrected chi connectivity index (χ0v) is 7.85. The molecule has 0 amide bonds. The monoisotopic (exact) mass is 191 g/mol. The van der Waals surface area contributed by atoms with Crippen LogP contribution in [0.4, 0.5) is 5.82 Å². The lowest BCUT2D eigenvalue weighted by molar-refractivity contribution is 0.472. The number of hydrogen-bond acceptors (Lipinski definition) is 4. The molecule has 0 spiro atoms. The Morgan fingerprint density at radius 1 is 1.50 bits per heavy atom. The van der Waals surface area contributed by atoms with E-state index in [0.717, 1.165) is 18.9 Å². The van der Waals surface area contributed by atoms with E-state index in [2.05, 4.69) is 15.2 Å². The molecule has 4 nitrogen and oxygen atoms in total. The number of fused-ring (bicyclic) bond motifs is 2. The highest BCUT2D eigenvalue weighted by Crippen LogP contribution is 2.28. The SMILES string of the molecule is Oc1ccc(N2C[C@@H]3C[C@H]2CN3)nc1. The van der Waals surface area contributed by atoms with Crippen LogP contribution < -0.4 is 10.2 Å². The molecule has 2 saturated heterocycles. The van der Waals surface area contributed by atoms with Crippen molar-refractivity contribution in [3.05, 3.63) is 18.3 Å². The van der Waals surface area contributed by atoms with Gasteiger partial charge >= 0.3 is 0 Å². The molecule has 2 bridgehead atoms. The van der Waals surface area contributed by atoms with Gasteiger partial charge in [-0.3, -0.25) is 0 Å². The number of aromatic nitrogens is 1. The van der Waals surface area contributed by atoms with E-state index < -0.39 is 0 Å². The van der Waals surface area contributed by atoms with Crippen LogP contribution in [0.15, 0.2) is 18.3 Å². The third-order valence-corrected chi connectivity index (χ3v) is 3.08. The zero-order valence-electron chi connectivity index (χ0n) is 7.85. The van der Waals surface area contributed by atoms with Crippen LogP contribution in [-0.2, 0) is 0 Å². The van der Waals surface area contributed by atoms with Gasteiger partial charge in [-0.05, 0) is 18.6 Å². The van der Waals surface area contributed by atoms with Crippen molar-refractivity contribution in [3.63, 3.8) is 0 Å². The van der Waals surface area contributed by atoms with Crippen LogP contribution in [0.2, 0.25) is 0 Å². The lowest BCUT2D eigenvalue weighted by Crippen LogP contribution is -2.43. The minimum Gasteiger partial charge on any atom is -0.506 e. The largest absolute Gasteiger partial charge is 0.506 e. The molecular weight excluding hydrogens is 178 g/mol. The van der Waals surface area contributed by atoms with Crippen molar-refractivity contribution in [2.75, 3.05) is 18.0 Å². The van der Waals surface area contributed by atoms with Crippen molar-refractivity contribution in [1.82, 2.24) is 10.3 Å². The normalized spacial score (nSPS) is 29.9. The Hall–Kier alpha value is -1.29. The Balaban J connectivity index is 1.86. The second-order valence-corrected chi connectivity index (χ2v) is 4.02. The lowest BCUT2D eigenvalue weighted by atomic mass is 10.2. The molecular formula is C10H13N3O. The molecule has 0 unspecified atom stereocenters. The topological polar surface area (TPSA) is 48.4 Å². The molecule has 0 radical (unpaired) electrons. The van der Waals surface area contributed by atoms with Gasteiger partial charge in [0, 0.05) is 25.2 Å². The Bertz CT molecular complexity index is 338. The summed E-state index contributed by atoms with van der Waals surface area (Å²) in [5.74, 6) is 1.22.